The average Bonchev–Trinajstić information content (AvgIpc) is 2.69. The molecule has 0 bridgehead atoms. The summed E-state index contributed by atoms with van der Waals surface area (Å²) in [6.07, 6.45) is 3.64. The molecule has 5 heteroatoms. The first-order chi connectivity index (χ1) is 12.6. The fourth-order valence-electron chi connectivity index (χ4n) is 2.75. The molecular weight excluding hydrogens is 392 g/mol. The number of nitrogens with zero attached hydrogens (tertiary/aromatic N) is 2. The molecule has 0 aliphatic carbocycles. The summed E-state index contributed by atoms with van der Waals surface area (Å²) in [4.78, 5) is 33.5. The van der Waals surface area contributed by atoms with E-state index < -0.39 is 0 Å². The fourth-order valence-corrected chi connectivity index (χ4v) is 3.02. The number of carbonyl (C=O) groups excluding carboxylic acids is 2. The summed E-state index contributed by atoms with van der Waals surface area (Å²) in [5.74, 6) is -0.383. The summed E-state index contributed by atoms with van der Waals surface area (Å²) in [5, 5.41) is 0. The lowest BCUT2D eigenvalue weighted by molar-refractivity contribution is 0.0939. The molecule has 0 N–H and O–H groups in total. The van der Waals surface area contributed by atoms with Gasteiger partial charge in [0.05, 0.1) is 0 Å². The summed E-state index contributed by atoms with van der Waals surface area (Å²) in [7, 11) is 0. The molecule has 0 saturated heterocycles. The van der Waals surface area contributed by atoms with E-state index in [4.69, 9.17) is 0 Å². The summed E-state index contributed by atoms with van der Waals surface area (Å²) in [6, 6.07) is 18.2. The second-order valence-electron chi connectivity index (χ2n) is 5.93. The monoisotopic (exact) mass is 408 g/mol. The minimum Gasteiger partial charge on any atom is -0.292 e. The molecule has 3 rings (SSSR count). The van der Waals surface area contributed by atoms with Gasteiger partial charge in [-0.1, -0.05) is 40.2 Å². The van der Waals surface area contributed by atoms with E-state index in [2.05, 4.69) is 25.9 Å². The average molecular weight is 409 g/mol. The lowest BCUT2D eigenvalue weighted by Gasteiger charge is -2.16. The van der Waals surface area contributed by atoms with Crippen molar-refractivity contribution in [3.8, 4) is 0 Å². The highest BCUT2D eigenvalue weighted by molar-refractivity contribution is 9.10. The van der Waals surface area contributed by atoms with Gasteiger partial charge in [0, 0.05) is 29.7 Å². The number of aromatic nitrogens is 2. The number of benzene rings is 1. The zero-order valence-electron chi connectivity index (χ0n) is 14.0. The number of hydrogen-bond donors (Lipinski definition) is 0. The predicted octanol–water partition coefficient (Wildman–Crippen LogP) is 4.87. The van der Waals surface area contributed by atoms with E-state index in [0.29, 0.717) is 11.4 Å². The van der Waals surface area contributed by atoms with Crippen molar-refractivity contribution in [1.29, 1.82) is 0 Å². The van der Waals surface area contributed by atoms with Gasteiger partial charge < -0.3 is 0 Å². The Bertz CT molecular complexity index is 827. The van der Waals surface area contributed by atoms with Crippen molar-refractivity contribution in [1.82, 2.24) is 9.97 Å². The van der Waals surface area contributed by atoms with E-state index in [1.807, 2.05) is 24.3 Å². The van der Waals surface area contributed by atoms with Gasteiger partial charge in [-0.2, -0.15) is 0 Å². The Balaban J connectivity index is 1.83. The Morgan fingerprint density at radius 2 is 1.27 bits per heavy atom. The summed E-state index contributed by atoms with van der Waals surface area (Å²) >= 11 is 3.42. The van der Waals surface area contributed by atoms with Crippen LogP contribution in [0.5, 0.6) is 0 Å². The minimum atomic E-state index is -0.230. The molecule has 0 spiro atoms. The predicted molar refractivity (Wildman–Crippen MR) is 103 cm³/mol. The zero-order chi connectivity index (χ0) is 18.4. The molecule has 130 valence electrons. The first-order valence-electron chi connectivity index (χ1n) is 8.27. The second kappa shape index (κ2) is 8.63. The number of Topliss-reactive ketones (excluding diaryl/α,β-unsaturated/α-hetero) is 2. The van der Waals surface area contributed by atoms with Crippen LogP contribution >= 0.6 is 15.9 Å². The van der Waals surface area contributed by atoms with Crippen molar-refractivity contribution in [2.45, 2.75) is 18.8 Å². The highest BCUT2D eigenvalue weighted by Crippen LogP contribution is 2.28. The van der Waals surface area contributed by atoms with Crippen molar-refractivity contribution in [3.63, 3.8) is 0 Å². The first kappa shape index (κ1) is 18.1. The Kier molecular flexibility index (Phi) is 6.02. The molecule has 0 unspecified atom stereocenters. The van der Waals surface area contributed by atoms with Gasteiger partial charge in [-0.25, -0.2) is 0 Å². The van der Waals surface area contributed by atoms with Crippen LogP contribution in [0.1, 0.15) is 45.3 Å². The van der Waals surface area contributed by atoms with Crippen molar-refractivity contribution < 1.29 is 9.59 Å². The van der Waals surface area contributed by atoms with Crippen molar-refractivity contribution in [2.24, 2.45) is 0 Å². The SMILES string of the molecule is O=C(CC(CC(=O)c1ccccn1)c1ccc(Br)cc1)c1ccccn1. The molecule has 0 amide bonds. The van der Waals surface area contributed by atoms with Crippen LogP contribution < -0.4 is 0 Å². The molecule has 4 nitrogen and oxygen atoms in total. The van der Waals surface area contributed by atoms with Gasteiger partial charge in [0.1, 0.15) is 11.4 Å². The third-order valence-corrected chi connectivity index (χ3v) is 4.63. The van der Waals surface area contributed by atoms with Crippen molar-refractivity contribution in [3.05, 3.63) is 94.5 Å². The number of pyridine rings is 2. The molecule has 0 radical (unpaired) electrons. The van der Waals surface area contributed by atoms with Crippen LogP contribution in [0.15, 0.2) is 77.5 Å². The topological polar surface area (TPSA) is 59.9 Å². The van der Waals surface area contributed by atoms with Crippen LogP contribution in [0, 0.1) is 0 Å². The molecule has 2 aromatic heterocycles. The number of ketones is 2. The van der Waals surface area contributed by atoms with Crippen molar-refractivity contribution >= 4 is 27.5 Å². The van der Waals surface area contributed by atoms with Crippen LogP contribution in [0.25, 0.3) is 0 Å². The van der Waals surface area contributed by atoms with Gasteiger partial charge in [0.25, 0.3) is 0 Å². The molecular formula is C21H17BrN2O2. The van der Waals surface area contributed by atoms with Crippen LogP contribution in [-0.4, -0.2) is 21.5 Å². The maximum atomic E-state index is 12.6. The highest BCUT2D eigenvalue weighted by atomic mass is 79.9. The Morgan fingerprint density at radius 1 is 0.769 bits per heavy atom. The third-order valence-electron chi connectivity index (χ3n) is 4.11. The Labute approximate surface area is 160 Å². The molecule has 3 aromatic rings. The van der Waals surface area contributed by atoms with E-state index in [1.54, 1.807) is 48.8 Å². The molecule has 0 saturated carbocycles. The lowest BCUT2D eigenvalue weighted by atomic mass is 9.88. The summed E-state index contributed by atoms with van der Waals surface area (Å²) in [5.41, 5.74) is 1.78. The first-order valence-corrected chi connectivity index (χ1v) is 9.06. The van der Waals surface area contributed by atoms with E-state index in [0.717, 1.165) is 10.0 Å². The van der Waals surface area contributed by atoms with E-state index in [-0.39, 0.29) is 30.3 Å². The van der Waals surface area contributed by atoms with Gasteiger partial charge in [0.2, 0.25) is 0 Å². The molecule has 26 heavy (non-hydrogen) atoms. The van der Waals surface area contributed by atoms with Gasteiger partial charge >= 0.3 is 0 Å². The largest absolute Gasteiger partial charge is 0.292 e. The lowest BCUT2D eigenvalue weighted by Crippen LogP contribution is -2.14. The number of hydrogen-bond acceptors (Lipinski definition) is 4. The molecule has 0 aliphatic heterocycles. The van der Waals surface area contributed by atoms with Crippen LogP contribution in [0.3, 0.4) is 0 Å². The highest BCUT2D eigenvalue weighted by Gasteiger charge is 2.22. The van der Waals surface area contributed by atoms with Crippen LogP contribution in [0.4, 0.5) is 0 Å². The van der Waals surface area contributed by atoms with Gasteiger partial charge in [-0.15, -0.1) is 0 Å². The van der Waals surface area contributed by atoms with Gasteiger partial charge in [0.15, 0.2) is 11.6 Å². The van der Waals surface area contributed by atoms with E-state index in [9.17, 15) is 9.59 Å². The molecule has 1 aromatic carbocycles. The minimum absolute atomic E-state index is 0.0765. The smallest absolute Gasteiger partial charge is 0.181 e. The fraction of sp³-hybridized carbons (Fsp3) is 0.143. The van der Waals surface area contributed by atoms with E-state index in [1.165, 1.54) is 0 Å². The molecule has 0 fully saturated rings. The van der Waals surface area contributed by atoms with Crippen LogP contribution in [-0.2, 0) is 0 Å². The number of halogens is 1. The van der Waals surface area contributed by atoms with Gasteiger partial charge in [-0.05, 0) is 47.9 Å². The summed E-state index contributed by atoms with van der Waals surface area (Å²) in [6.45, 7) is 0. The van der Waals surface area contributed by atoms with E-state index >= 15 is 0 Å². The Morgan fingerprint density at radius 3 is 1.69 bits per heavy atom. The normalized spacial score (nSPS) is 10.7. The van der Waals surface area contributed by atoms with Crippen molar-refractivity contribution in [2.75, 3.05) is 0 Å². The zero-order valence-corrected chi connectivity index (χ0v) is 15.6. The maximum absolute atomic E-state index is 12.6. The van der Waals surface area contributed by atoms with Crippen LogP contribution in [0.2, 0.25) is 0 Å². The number of carbonyl (C=O) groups is 2. The second-order valence-corrected chi connectivity index (χ2v) is 6.85. The maximum Gasteiger partial charge on any atom is 0.181 e. The standard InChI is InChI=1S/C21H17BrN2O2/c22-17-9-7-15(8-10-17)16(13-20(25)18-5-1-3-11-23-18)14-21(26)19-6-2-4-12-24-19/h1-12,16H,13-14H2. The summed E-state index contributed by atoms with van der Waals surface area (Å²) < 4.78 is 0.951. The molecule has 2 heterocycles. The quantitative estimate of drug-likeness (QED) is 0.523. The molecule has 0 aliphatic rings. The van der Waals surface area contributed by atoms with Gasteiger partial charge in [-0.3, -0.25) is 19.6 Å². The number of rotatable bonds is 7. The Hall–Kier alpha value is -2.66. The molecule has 0 atom stereocenters. The third kappa shape index (κ3) is 4.70.